The second-order valence-corrected chi connectivity index (χ2v) is 3.88. The lowest BCUT2D eigenvalue weighted by atomic mass is 10.3. The molecular weight excluding hydrogens is 224 g/mol. The molecule has 0 fully saturated rings. The summed E-state index contributed by atoms with van der Waals surface area (Å²) in [5, 5.41) is 0.505. The van der Waals surface area contributed by atoms with E-state index in [1.807, 2.05) is 40.9 Å². The first-order valence-corrected chi connectivity index (χ1v) is 5.28. The van der Waals surface area contributed by atoms with Crippen LogP contribution in [0.4, 0.5) is 0 Å². The standard InChI is InChI=1S/C12H9ClN2O/c1-16-8-4-5-10-9(7-8)14-12(13)11-3-2-6-15(10)11/h2-7H,1H3. The number of hydrogen-bond donors (Lipinski definition) is 0. The van der Waals surface area contributed by atoms with Gasteiger partial charge in [0.1, 0.15) is 5.75 Å². The SMILES string of the molecule is COc1ccc2c(c1)nc(Cl)c1cccn12. The van der Waals surface area contributed by atoms with Crippen LogP contribution in [0.1, 0.15) is 0 Å². The summed E-state index contributed by atoms with van der Waals surface area (Å²) < 4.78 is 7.18. The Labute approximate surface area is 97.2 Å². The van der Waals surface area contributed by atoms with Gasteiger partial charge in [-0.25, -0.2) is 4.98 Å². The molecule has 3 rings (SSSR count). The summed E-state index contributed by atoms with van der Waals surface area (Å²) in [5.41, 5.74) is 2.76. The maximum Gasteiger partial charge on any atom is 0.153 e. The van der Waals surface area contributed by atoms with Gasteiger partial charge in [0.05, 0.1) is 23.7 Å². The van der Waals surface area contributed by atoms with E-state index in [0.29, 0.717) is 5.15 Å². The lowest BCUT2D eigenvalue weighted by molar-refractivity contribution is 0.415. The molecule has 0 spiro atoms. The lowest BCUT2D eigenvalue weighted by Crippen LogP contribution is -1.92. The van der Waals surface area contributed by atoms with Crippen molar-refractivity contribution in [3.05, 3.63) is 41.7 Å². The van der Waals surface area contributed by atoms with Crippen LogP contribution < -0.4 is 4.74 Å². The Morgan fingerprint density at radius 1 is 1.25 bits per heavy atom. The first-order chi connectivity index (χ1) is 7.79. The maximum atomic E-state index is 6.10. The minimum atomic E-state index is 0.505. The molecule has 0 aliphatic heterocycles. The van der Waals surface area contributed by atoms with Gasteiger partial charge in [0.15, 0.2) is 5.15 Å². The highest BCUT2D eigenvalue weighted by Gasteiger charge is 2.06. The zero-order chi connectivity index (χ0) is 11.1. The number of rotatable bonds is 1. The van der Waals surface area contributed by atoms with E-state index in [1.54, 1.807) is 7.11 Å². The van der Waals surface area contributed by atoms with Crippen molar-refractivity contribution in [1.29, 1.82) is 0 Å². The number of fused-ring (bicyclic) bond motifs is 3. The molecule has 0 aliphatic carbocycles. The van der Waals surface area contributed by atoms with Crippen LogP contribution in [0, 0.1) is 0 Å². The second-order valence-electron chi connectivity index (χ2n) is 3.52. The Morgan fingerprint density at radius 2 is 2.12 bits per heavy atom. The van der Waals surface area contributed by atoms with Gasteiger partial charge in [0.2, 0.25) is 0 Å². The van der Waals surface area contributed by atoms with E-state index in [9.17, 15) is 0 Å². The van der Waals surface area contributed by atoms with Crippen molar-refractivity contribution < 1.29 is 4.74 Å². The van der Waals surface area contributed by atoms with Crippen LogP contribution in [0.25, 0.3) is 16.6 Å². The molecule has 3 aromatic rings. The molecule has 2 heterocycles. The largest absolute Gasteiger partial charge is 0.497 e. The molecule has 0 amide bonds. The number of ether oxygens (including phenoxy) is 1. The van der Waals surface area contributed by atoms with Crippen LogP contribution in [-0.2, 0) is 0 Å². The van der Waals surface area contributed by atoms with Crippen molar-refractivity contribution in [2.45, 2.75) is 0 Å². The highest BCUT2D eigenvalue weighted by molar-refractivity contribution is 6.33. The Balaban J connectivity index is 2.48. The number of benzene rings is 1. The molecule has 0 unspecified atom stereocenters. The van der Waals surface area contributed by atoms with E-state index < -0.39 is 0 Å². The molecule has 0 saturated heterocycles. The van der Waals surface area contributed by atoms with Gasteiger partial charge in [-0.15, -0.1) is 0 Å². The zero-order valence-corrected chi connectivity index (χ0v) is 9.40. The van der Waals surface area contributed by atoms with Gasteiger partial charge in [-0.1, -0.05) is 11.6 Å². The zero-order valence-electron chi connectivity index (χ0n) is 8.64. The van der Waals surface area contributed by atoms with E-state index in [1.165, 1.54) is 0 Å². The molecule has 16 heavy (non-hydrogen) atoms. The average Bonchev–Trinajstić information content (AvgIpc) is 2.78. The third-order valence-corrected chi connectivity index (χ3v) is 2.90. The van der Waals surface area contributed by atoms with Gasteiger partial charge < -0.3 is 9.14 Å². The summed E-state index contributed by atoms with van der Waals surface area (Å²) in [6.45, 7) is 0. The van der Waals surface area contributed by atoms with Gasteiger partial charge in [-0.2, -0.15) is 0 Å². The predicted octanol–water partition coefficient (Wildman–Crippen LogP) is 3.15. The Morgan fingerprint density at radius 3 is 2.94 bits per heavy atom. The summed E-state index contributed by atoms with van der Waals surface area (Å²) in [4.78, 5) is 4.35. The molecule has 4 heteroatoms. The van der Waals surface area contributed by atoms with E-state index in [-0.39, 0.29) is 0 Å². The number of methoxy groups -OCH3 is 1. The summed E-state index contributed by atoms with van der Waals surface area (Å²) in [7, 11) is 1.64. The quantitative estimate of drug-likeness (QED) is 0.644. The Kier molecular flexibility index (Phi) is 2.01. The fourth-order valence-electron chi connectivity index (χ4n) is 1.85. The molecular formula is C12H9ClN2O. The molecule has 0 atom stereocenters. The van der Waals surface area contributed by atoms with Crippen molar-refractivity contribution in [3.8, 4) is 5.75 Å². The molecule has 0 aliphatic rings. The summed E-state index contributed by atoms with van der Waals surface area (Å²) >= 11 is 6.10. The molecule has 0 radical (unpaired) electrons. The summed E-state index contributed by atoms with van der Waals surface area (Å²) in [6, 6.07) is 9.66. The normalized spacial score (nSPS) is 11.1. The Hall–Kier alpha value is -1.74. The van der Waals surface area contributed by atoms with Crippen molar-refractivity contribution in [2.24, 2.45) is 0 Å². The fraction of sp³-hybridized carbons (Fsp3) is 0.0833. The van der Waals surface area contributed by atoms with E-state index in [2.05, 4.69) is 4.98 Å². The number of aromatic nitrogens is 2. The number of halogens is 1. The third kappa shape index (κ3) is 1.25. The van der Waals surface area contributed by atoms with Crippen LogP contribution in [0.15, 0.2) is 36.5 Å². The van der Waals surface area contributed by atoms with Crippen molar-refractivity contribution in [1.82, 2.24) is 9.38 Å². The summed E-state index contributed by atoms with van der Waals surface area (Å²) in [6.07, 6.45) is 1.97. The lowest BCUT2D eigenvalue weighted by Gasteiger charge is -2.06. The molecule has 80 valence electrons. The minimum absolute atomic E-state index is 0.505. The number of hydrogen-bond acceptors (Lipinski definition) is 2. The van der Waals surface area contributed by atoms with Crippen LogP contribution in [0.3, 0.4) is 0 Å². The first kappa shape index (κ1) is 9.48. The maximum absolute atomic E-state index is 6.10. The second kappa shape index (κ2) is 3.39. The van der Waals surface area contributed by atoms with Crippen molar-refractivity contribution >= 4 is 28.2 Å². The molecule has 0 N–H and O–H groups in total. The van der Waals surface area contributed by atoms with Crippen molar-refractivity contribution in [3.63, 3.8) is 0 Å². The van der Waals surface area contributed by atoms with Gasteiger partial charge in [-0.3, -0.25) is 0 Å². The van der Waals surface area contributed by atoms with Crippen LogP contribution in [0.2, 0.25) is 5.15 Å². The Bertz CT molecular complexity index is 675. The smallest absolute Gasteiger partial charge is 0.153 e. The highest BCUT2D eigenvalue weighted by Crippen LogP contribution is 2.24. The average molecular weight is 233 g/mol. The molecule has 0 bridgehead atoms. The molecule has 3 nitrogen and oxygen atoms in total. The van der Waals surface area contributed by atoms with E-state index >= 15 is 0 Å². The number of nitrogens with zero attached hydrogens (tertiary/aromatic N) is 2. The van der Waals surface area contributed by atoms with E-state index in [4.69, 9.17) is 16.3 Å². The van der Waals surface area contributed by atoms with Crippen LogP contribution >= 0.6 is 11.6 Å². The van der Waals surface area contributed by atoms with Crippen molar-refractivity contribution in [2.75, 3.05) is 7.11 Å². The van der Waals surface area contributed by atoms with Gasteiger partial charge in [-0.05, 0) is 24.3 Å². The topological polar surface area (TPSA) is 26.5 Å². The third-order valence-electron chi connectivity index (χ3n) is 2.62. The minimum Gasteiger partial charge on any atom is -0.497 e. The monoisotopic (exact) mass is 232 g/mol. The van der Waals surface area contributed by atoms with Gasteiger partial charge in [0.25, 0.3) is 0 Å². The molecule has 0 saturated carbocycles. The van der Waals surface area contributed by atoms with Gasteiger partial charge in [0, 0.05) is 12.3 Å². The predicted molar refractivity (Wildman–Crippen MR) is 64.3 cm³/mol. The highest BCUT2D eigenvalue weighted by atomic mass is 35.5. The van der Waals surface area contributed by atoms with Crippen LogP contribution in [0.5, 0.6) is 5.75 Å². The first-order valence-electron chi connectivity index (χ1n) is 4.90. The van der Waals surface area contributed by atoms with Crippen LogP contribution in [-0.4, -0.2) is 16.5 Å². The summed E-state index contributed by atoms with van der Waals surface area (Å²) in [5.74, 6) is 0.780. The van der Waals surface area contributed by atoms with E-state index in [0.717, 1.165) is 22.3 Å². The molecule has 2 aromatic heterocycles. The fourth-order valence-corrected chi connectivity index (χ4v) is 2.09. The van der Waals surface area contributed by atoms with Gasteiger partial charge >= 0.3 is 0 Å². The molecule has 1 aromatic carbocycles.